The Hall–Kier alpha value is -0.650. The topological polar surface area (TPSA) is 55.8 Å². The lowest BCUT2D eigenvalue weighted by Crippen LogP contribution is -2.62. The van der Waals surface area contributed by atoms with Gasteiger partial charge in [0, 0.05) is 32.2 Å². The summed E-state index contributed by atoms with van der Waals surface area (Å²) >= 11 is 0. The molecule has 0 amide bonds. The van der Waals surface area contributed by atoms with Crippen molar-refractivity contribution in [2.24, 2.45) is 0 Å². The number of rotatable bonds is 2. The predicted octanol–water partition coefficient (Wildman–Crippen LogP) is 0.219. The van der Waals surface area contributed by atoms with Gasteiger partial charge in [0.25, 0.3) is 0 Å². The maximum atomic E-state index is 11.9. The number of nitrogens with zero attached hydrogens (tertiary/aromatic N) is 2. The van der Waals surface area contributed by atoms with Crippen LogP contribution in [0.3, 0.4) is 0 Å². The van der Waals surface area contributed by atoms with E-state index in [9.17, 15) is 9.90 Å². The van der Waals surface area contributed by atoms with Gasteiger partial charge in [-0.15, -0.1) is 0 Å². The van der Waals surface area contributed by atoms with Crippen LogP contribution in [0.5, 0.6) is 0 Å². The third-order valence-corrected chi connectivity index (χ3v) is 4.61. The molecule has 2 saturated heterocycles. The van der Waals surface area contributed by atoms with E-state index in [0.717, 1.165) is 52.0 Å². The fraction of sp³-hybridized carbons (Fsp3) is 0.923. The second-order valence-electron chi connectivity index (χ2n) is 5.71. The first-order valence-corrected chi connectivity index (χ1v) is 6.96. The molecule has 0 saturated carbocycles. The maximum absolute atomic E-state index is 11.9. The van der Waals surface area contributed by atoms with Crippen LogP contribution in [-0.2, 0) is 4.79 Å². The van der Waals surface area contributed by atoms with Crippen LogP contribution in [0.1, 0.15) is 26.2 Å². The monoisotopic (exact) mass is 255 g/mol. The van der Waals surface area contributed by atoms with E-state index >= 15 is 0 Å². The minimum atomic E-state index is -0.641. The Balaban J connectivity index is 2.18. The van der Waals surface area contributed by atoms with Gasteiger partial charge >= 0.3 is 5.97 Å². The lowest BCUT2D eigenvalue weighted by molar-refractivity contribution is -0.156. The molecule has 2 aliphatic rings. The van der Waals surface area contributed by atoms with Gasteiger partial charge in [0.1, 0.15) is 5.54 Å². The number of hydrogen-bond acceptors (Lipinski definition) is 4. The summed E-state index contributed by atoms with van der Waals surface area (Å²) in [4.78, 5) is 16.3. The first kappa shape index (κ1) is 13.8. The van der Waals surface area contributed by atoms with Crippen LogP contribution >= 0.6 is 0 Å². The molecule has 2 aliphatic heterocycles. The number of hydrogen-bond donors (Lipinski definition) is 2. The van der Waals surface area contributed by atoms with Crippen LogP contribution < -0.4 is 5.32 Å². The minimum absolute atomic E-state index is 0.339. The molecule has 0 spiro atoms. The normalized spacial score (nSPS) is 36.2. The molecule has 0 bridgehead atoms. The summed E-state index contributed by atoms with van der Waals surface area (Å²) in [5, 5.41) is 13.1. The fourth-order valence-corrected chi connectivity index (χ4v) is 3.22. The molecule has 104 valence electrons. The number of piperidine rings is 1. The Morgan fingerprint density at radius 2 is 2.11 bits per heavy atom. The van der Waals surface area contributed by atoms with E-state index in [1.165, 1.54) is 0 Å². The molecule has 0 aromatic rings. The first-order chi connectivity index (χ1) is 8.56. The van der Waals surface area contributed by atoms with Crippen molar-refractivity contribution in [2.45, 2.75) is 37.8 Å². The standard InChI is InChI=1S/C13H25N3O2/c1-11-10-13(12(17)18,4-8-15(11)2)16-7-3-5-14-6-9-16/h11,14H,3-10H2,1-2H3,(H,17,18). The van der Waals surface area contributed by atoms with Crippen molar-refractivity contribution < 1.29 is 9.90 Å². The molecule has 2 N–H and O–H groups in total. The van der Waals surface area contributed by atoms with Crippen molar-refractivity contribution in [1.29, 1.82) is 0 Å². The van der Waals surface area contributed by atoms with Gasteiger partial charge in [-0.25, -0.2) is 0 Å². The molecule has 2 fully saturated rings. The summed E-state index contributed by atoms with van der Waals surface area (Å²) in [6.45, 7) is 6.66. The Kier molecular flexibility index (Phi) is 4.25. The van der Waals surface area contributed by atoms with Crippen LogP contribution in [0.15, 0.2) is 0 Å². The number of aliphatic carboxylic acids is 1. The zero-order chi connectivity index (χ0) is 13.2. The third kappa shape index (κ3) is 2.53. The van der Waals surface area contributed by atoms with E-state index in [2.05, 4.69) is 29.1 Å². The summed E-state index contributed by atoms with van der Waals surface area (Å²) in [6, 6.07) is 0.339. The highest BCUT2D eigenvalue weighted by Gasteiger charge is 2.47. The fourth-order valence-electron chi connectivity index (χ4n) is 3.22. The molecule has 18 heavy (non-hydrogen) atoms. The lowest BCUT2D eigenvalue weighted by Gasteiger charge is -2.47. The highest BCUT2D eigenvalue weighted by Crippen LogP contribution is 2.32. The molecule has 2 heterocycles. The van der Waals surface area contributed by atoms with Crippen molar-refractivity contribution in [3.63, 3.8) is 0 Å². The summed E-state index contributed by atoms with van der Waals surface area (Å²) < 4.78 is 0. The zero-order valence-corrected chi connectivity index (χ0v) is 11.5. The van der Waals surface area contributed by atoms with Gasteiger partial charge in [-0.3, -0.25) is 9.69 Å². The van der Waals surface area contributed by atoms with E-state index in [4.69, 9.17) is 0 Å². The summed E-state index contributed by atoms with van der Waals surface area (Å²) in [5.41, 5.74) is -0.641. The second kappa shape index (κ2) is 5.55. The average molecular weight is 255 g/mol. The van der Waals surface area contributed by atoms with Crippen LogP contribution in [0.4, 0.5) is 0 Å². The predicted molar refractivity (Wildman–Crippen MR) is 70.8 cm³/mol. The molecule has 0 radical (unpaired) electrons. The third-order valence-electron chi connectivity index (χ3n) is 4.61. The number of carboxylic acids is 1. The quantitative estimate of drug-likeness (QED) is 0.739. The summed E-state index contributed by atoms with van der Waals surface area (Å²) in [7, 11) is 2.08. The Morgan fingerprint density at radius 1 is 1.33 bits per heavy atom. The largest absolute Gasteiger partial charge is 0.480 e. The van der Waals surface area contributed by atoms with Crippen LogP contribution in [-0.4, -0.2) is 72.2 Å². The van der Waals surface area contributed by atoms with Crippen molar-refractivity contribution in [3.8, 4) is 0 Å². The molecular weight excluding hydrogens is 230 g/mol. The maximum Gasteiger partial charge on any atom is 0.324 e. The van der Waals surface area contributed by atoms with Gasteiger partial charge in [-0.2, -0.15) is 0 Å². The van der Waals surface area contributed by atoms with E-state index in [1.807, 2.05) is 0 Å². The van der Waals surface area contributed by atoms with E-state index in [-0.39, 0.29) is 0 Å². The van der Waals surface area contributed by atoms with Gasteiger partial charge in [-0.1, -0.05) is 0 Å². The smallest absolute Gasteiger partial charge is 0.324 e. The molecule has 0 aliphatic carbocycles. The van der Waals surface area contributed by atoms with Crippen molar-refractivity contribution in [1.82, 2.24) is 15.1 Å². The number of nitrogens with one attached hydrogen (secondary N) is 1. The summed E-state index contributed by atoms with van der Waals surface area (Å²) in [5.74, 6) is -0.635. The second-order valence-corrected chi connectivity index (χ2v) is 5.71. The minimum Gasteiger partial charge on any atom is -0.480 e. The Bertz CT molecular complexity index is 303. The van der Waals surface area contributed by atoms with Crippen LogP contribution in [0.2, 0.25) is 0 Å². The van der Waals surface area contributed by atoms with Gasteiger partial charge in [0.05, 0.1) is 0 Å². The summed E-state index contributed by atoms with van der Waals surface area (Å²) in [6.07, 6.45) is 2.52. The Morgan fingerprint density at radius 3 is 2.78 bits per heavy atom. The highest BCUT2D eigenvalue weighted by atomic mass is 16.4. The SMILES string of the molecule is CC1CC(C(=O)O)(N2CCCNCC2)CCN1C. The number of carbonyl (C=O) groups is 1. The Labute approximate surface area is 109 Å². The lowest BCUT2D eigenvalue weighted by atomic mass is 9.82. The van der Waals surface area contributed by atoms with Gasteiger partial charge in [-0.05, 0) is 39.8 Å². The average Bonchev–Trinajstić information content (AvgIpc) is 2.61. The van der Waals surface area contributed by atoms with Crippen molar-refractivity contribution in [3.05, 3.63) is 0 Å². The number of likely N-dealkylation sites (tertiary alicyclic amines) is 1. The van der Waals surface area contributed by atoms with Crippen molar-refractivity contribution in [2.75, 3.05) is 39.8 Å². The van der Waals surface area contributed by atoms with Gasteiger partial charge in [0.2, 0.25) is 0 Å². The van der Waals surface area contributed by atoms with E-state index in [1.54, 1.807) is 0 Å². The molecule has 2 unspecified atom stereocenters. The van der Waals surface area contributed by atoms with Crippen molar-refractivity contribution >= 4 is 5.97 Å². The molecular formula is C13H25N3O2. The first-order valence-electron chi connectivity index (χ1n) is 6.96. The van der Waals surface area contributed by atoms with Crippen LogP contribution in [0.25, 0.3) is 0 Å². The zero-order valence-electron chi connectivity index (χ0n) is 11.5. The van der Waals surface area contributed by atoms with E-state index < -0.39 is 11.5 Å². The molecule has 2 rings (SSSR count). The molecule has 5 heteroatoms. The van der Waals surface area contributed by atoms with E-state index in [0.29, 0.717) is 6.04 Å². The van der Waals surface area contributed by atoms with Gasteiger partial charge in [0.15, 0.2) is 0 Å². The molecule has 0 aromatic heterocycles. The van der Waals surface area contributed by atoms with Gasteiger partial charge < -0.3 is 15.3 Å². The molecule has 5 nitrogen and oxygen atoms in total. The highest BCUT2D eigenvalue weighted by molar-refractivity contribution is 5.79. The molecule has 2 atom stereocenters. The molecule has 0 aromatic carbocycles. The number of carboxylic acid groups (broad SMARTS) is 1. The van der Waals surface area contributed by atoms with Crippen LogP contribution in [0, 0.1) is 0 Å².